The molecule has 4 aromatic rings. The highest BCUT2D eigenvalue weighted by Gasteiger charge is 2.34. The number of nitrogens with one attached hydrogen (secondary N) is 2. The molecule has 2 saturated heterocycles. The van der Waals surface area contributed by atoms with Crippen molar-refractivity contribution >= 4 is 34.5 Å². The summed E-state index contributed by atoms with van der Waals surface area (Å²) in [6.45, 7) is 4.20. The first-order valence-electron chi connectivity index (χ1n) is 13.1. The van der Waals surface area contributed by atoms with Gasteiger partial charge >= 0.3 is 6.18 Å². The van der Waals surface area contributed by atoms with Crippen molar-refractivity contribution < 1.29 is 18.0 Å². The number of carbonyl (C=O) groups excluding carboxylic acids is 1. The van der Waals surface area contributed by atoms with Crippen molar-refractivity contribution in [2.45, 2.75) is 25.6 Å². The van der Waals surface area contributed by atoms with E-state index in [0.29, 0.717) is 31.4 Å². The summed E-state index contributed by atoms with van der Waals surface area (Å²) in [6.07, 6.45) is -1.41. The van der Waals surface area contributed by atoms with Gasteiger partial charge in [-0.05, 0) is 36.2 Å². The molecule has 3 aromatic heterocycles. The Morgan fingerprint density at radius 1 is 0.975 bits per heavy atom. The summed E-state index contributed by atoms with van der Waals surface area (Å²) >= 11 is 0. The van der Waals surface area contributed by atoms with Crippen molar-refractivity contribution in [3.8, 4) is 11.3 Å². The van der Waals surface area contributed by atoms with Crippen LogP contribution in [0.25, 0.3) is 22.3 Å². The van der Waals surface area contributed by atoms with Gasteiger partial charge in [0.05, 0.1) is 16.7 Å². The van der Waals surface area contributed by atoms with E-state index < -0.39 is 18.5 Å². The molecule has 40 heavy (non-hydrogen) atoms. The van der Waals surface area contributed by atoms with Gasteiger partial charge < -0.3 is 20.1 Å². The quantitative estimate of drug-likeness (QED) is 0.356. The first-order valence-corrected chi connectivity index (χ1v) is 13.1. The highest BCUT2D eigenvalue weighted by Crippen LogP contribution is 2.27. The Kier molecular flexibility index (Phi) is 6.96. The number of hydrogen-bond donors (Lipinski definition) is 2. The molecule has 0 aliphatic carbocycles. The third-order valence-corrected chi connectivity index (χ3v) is 7.16. The fraction of sp³-hybridized carbons (Fsp3) is 0.370. The maximum atomic E-state index is 12.5. The average Bonchev–Trinajstić information content (AvgIpc) is 3.29. The molecule has 1 amide bonds. The summed E-state index contributed by atoms with van der Waals surface area (Å²) in [4.78, 5) is 38.7. The van der Waals surface area contributed by atoms with Gasteiger partial charge in [-0.3, -0.25) is 9.69 Å². The Morgan fingerprint density at radius 2 is 1.80 bits per heavy atom. The Bertz CT molecular complexity index is 1510. The normalized spacial score (nSPS) is 16.3. The van der Waals surface area contributed by atoms with Crippen LogP contribution in [0.5, 0.6) is 0 Å². The molecule has 0 bridgehead atoms. The monoisotopic (exact) mass is 551 g/mol. The maximum absolute atomic E-state index is 12.5. The van der Waals surface area contributed by atoms with Crippen LogP contribution in [0.2, 0.25) is 0 Å². The fourth-order valence-corrected chi connectivity index (χ4v) is 4.91. The van der Waals surface area contributed by atoms with Crippen LogP contribution in [0.4, 0.5) is 30.8 Å². The van der Waals surface area contributed by atoms with E-state index >= 15 is 0 Å². The standard InChI is InChI=1S/C27H28F3N9O/c28-27(29,30)15-25(40)39-10-8-37(9-11-39)16-18-4-5-31-23(12-18)36-26-34-20-3-2-19(13-22(20)35-26)21-14-24(33-17-32-21)38-6-1-7-38/h2-5,12-14,17H,1,6-11,15-16H2,(H2,31,34,35,36). The van der Waals surface area contributed by atoms with Gasteiger partial charge in [-0.25, -0.2) is 19.9 Å². The van der Waals surface area contributed by atoms with Crippen LogP contribution in [0.15, 0.2) is 48.9 Å². The number of piperazine rings is 1. The van der Waals surface area contributed by atoms with Gasteiger partial charge in [-0.2, -0.15) is 13.2 Å². The molecule has 0 saturated carbocycles. The van der Waals surface area contributed by atoms with Crippen molar-refractivity contribution in [3.63, 3.8) is 0 Å². The van der Waals surface area contributed by atoms with Crippen molar-refractivity contribution in [2.24, 2.45) is 0 Å². The van der Waals surface area contributed by atoms with E-state index in [9.17, 15) is 18.0 Å². The van der Waals surface area contributed by atoms with Gasteiger partial charge in [0.2, 0.25) is 11.9 Å². The number of H-pyrrole nitrogens is 1. The molecule has 2 fully saturated rings. The summed E-state index contributed by atoms with van der Waals surface area (Å²) < 4.78 is 37.6. The maximum Gasteiger partial charge on any atom is 0.397 e. The third kappa shape index (κ3) is 5.98. The summed E-state index contributed by atoms with van der Waals surface area (Å²) in [5, 5.41) is 3.23. The molecule has 0 unspecified atom stereocenters. The molecule has 2 aliphatic heterocycles. The first-order chi connectivity index (χ1) is 19.3. The lowest BCUT2D eigenvalue weighted by Gasteiger charge is -2.35. The van der Waals surface area contributed by atoms with E-state index in [0.717, 1.165) is 46.8 Å². The molecule has 6 rings (SSSR count). The highest BCUT2D eigenvalue weighted by molar-refractivity contribution is 5.83. The van der Waals surface area contributed by atoms with Crippen LogP contribution in [-0.4, -0.2) is 86.1 Å². The summed E-state index contributed by atoms with van der Waals surface area (Å²) in [5.74, 6) is 1.24. The zero-order valence-corrected chi connectivity index (χ0v) is 21.7. The molecule has 1 aromatic carbocycles. The Balaban J connectivity index is 1.09. The van der Waals surface area contributed by atoms with Gasteiger partial charge in [0.1, 0.15) is 24.4 Å². The number of alkyl halides is 3. The topological polar surface area (TPSA) is 106 Å². The highest BCUT2D eigenvalue weighted by atomic mass is 19.4. The second-order valence-corrected chi connectivity index (χ2v) is 10.0. The van der Waals surface area contributed by atoms with Crippen LogP contribution in [0.3, 0.4) is 0 Å². The number of aromatic nitrogens is 5. The van der Waals surface area contributed by atoms with Gasteiger partial charge in [0.15, 0.2) is 0 Å². The number of halogens is 3. The molecule has 5 heterocycles. The molecular weight excluding hydrogens is 523 g/mol. The lowest BCUT2D eigenvalue weighted by atomic mass is 10.1. The Morgan fingerprint density at radius 3 is 2.55 bits per heavy atom. The van der Waals surface area contributed by atoms with E-state index in [2.05, 4.69) is 40.0 Å². The van der Waals surface area contributed by atoms with E-state index in [1.165, 1.54) is 11.3 Å². The van der Waals surface area contributed by atoms with E-state index in [1.54, 1.807) is 12.5 Å². The number of hydrogen-bond acceptors (Lipinski definition) is 8. The van der Waals surface area contributed by atoms with Crippen LogP contribution < -0.4 is 10.2 Å². The smallest absolute Gasteiger partial charge is 0.356 e. The number of fused-ring (bicyclic) bond motifs is 1. The number of rotatable bonds is 7. The number of aromatic amines is 1. The molecule has 0 atom stereocenters. The average molecular weight is 552 g/mol. The van der Waals surface area contributed by atoms with Crippen LogP contribution >= 0.6 is 0 Å². The predicted molar refractivity (Wildman–Crippen MR) is 144 cm³/mol. The second-order valence-electron chi connectivity index (χ2n) is 10.0. The van der Waals surface area contributed by atoms with Gasteiger partial charge in [-0.15, -0.1) is 0 Å². The van der Waals surface area contributed by atoms with Gasteiger partial charge in [-0.1, -0.05) is 6.07 Å². The van der Waals surface area contributed by atoms with E-state index in [1.807, 2.05) is 36.4 Å². The van der Waals surface area contributed by atoms with Crippen molar-refractivity contribution in [2.75, 3.05) is 49.5 Å². The molecule has 208 valence electrons. The van der Waals surface area contributed by atoms with Crippen molar-refractivity contribution in [1.82, 2.24) is 34.7 Å². The minimum Gasteiger partial charge on any atom is -0.356 e. The zero-order chi connectivity index (χ0) is 27.7. The Hall–Kier alpha value is -4.26. The SMILES string of the molecule is O=C(CC(F)(F)F)N1CCN(Cc2ccnc(Nc3nc4ccc(-c5cc(N6CCC6)ncn5)cc4[nH]3)c2)CC1. The largest absolute Gasteiger partial charge is 0.397 e. The second kappa shape index (κ2) is 10.7. The summed E-state index contributed by atoms with van der Waals surface area (Å²) in [5.41, 5.74) is 4.47. The molecule has 0 radical (unpaired) electrons. The Labute approximate surface area is 228 Å². The molecule has 0 spiro atoms. The fourth-order valence-electron chi connectivity index (χ4n) is 4.91. The number of anilines is 3. The number of benzene rings is 1. The number of nitrogens with zero attached hydrogens (tertiary/aromatic N) is 7. The molecular formula is C27H28F3N9O. The number of pyridine rings is 1. The minimum absolute atomic E-state index is 0.278. The molecule has 2 aliphatic rings. The minimum atomic E-state index is -4.48. The predicted octanol–water partition coefficient (Wildman–Crippen LogP) is 3.97. The lowest BCUT2D eigenvalue weighted by Crippen LogP contribution is -2.49. The van der Waals surface area contributed by atoms with Gasteiger partial charge in [0.25, 0.3) is 0 Å². The molecule has 10 nitrogen and oxygen atoms in total. The molecule has 13 heteroatoms. The number of carbonyl (C=O) groups is 1. The first kappa shape index (κ1) is 26.0. The van der Waals surface area contributed by atoms with Crippen LogP contribution in [0.1, 0.15) is 18.4 Å². The van der Waals surface area contributed by atoms with Crippen LogP contribution in [0, 0.1) is 0 Å². The lowest BCUT2D eigenvalue weighted by molar-refractivity contribution is -0.162. The van der Waals surface area contributed by atoms with E-state index in [4.69, 9.17) is 0 Å². The zero-order valence-electron chi connectivity index (χ0n) is 21.7. The number of imidazole rings is 1. The summed E-state index contributed by atoms with van der Waals surface area (Å²) in [6, 6.07) is 11.8. The molecule has 2 N–H and O–H groups in total. The van der Waals surface area contributed by atoms with Crippen molar-refractivity contribution in [3.05, 3.63) is 54.5 Å². The number of amides is 1. The third-order valence-electron chi connectivity index (χ3n) is 7.16. The van der Waals surface area contributed by atoms with Crippen LogP contribution in [-0.2, 0) is 11.3 Å². The van der Waals surface area contributed by atoms with E-state index in [-0.39, 0.29) is 13.1 Å². The summed E-state index contributed by atoms with van der Waals surface area (Å²) in [7, 11) is 0. The van der Waals surface area contributed by atoms with Crippen molar-refractivity contribution in [1.29, 1.82) is 0 Å². The van der Waals surface area contributed by atoms with Gasteiger partial charge in [0, 0.05) is 63.6 Å².